The molecule has 2 aromatic heterocycles. The van der Waals surface area contributed by atoms with E-state index in [1.54, 1.807) is 18.4 Å². The Morgan fingerprint density at radius 1 is 1.55 bits per heavy atom. The summed E-state index contributed by atoms with van der Waals surface area (Å²) in [7, 11) is 0. The smallest absolute Gasteiger partial charge is 0.264 e. The molecule has 0 saturated heterocycles. The third-order valence-corrected chi connectivity index (χ3v) is 3.56. The summed E-state index contributed by atoms with van der Waals surface area (Å²) in [5, 5.41) is 11.2. The van der Waals surface area contributed by atoms with Gasteiger partial charge in [-0.15, -0.1) is 0 Å². The molecule has 1 aliphatic heterocycles. The van der Waals surface area contributed by atoms with E-state index in [0.29, 0.717) is 18.7 Å². The summed E-state index contributed by atoms with van der Waals surface area (Å²) in [5.41, 5.74) is 2.58. The number of rotatable bonds is 5. The quantitative estimate of drug-likeness (QED) is 0.910. The Bertz CT molecular complexity index is 688. The van der Waals surface area contributed by atoms with E-state index in [4.69, 9.17) is 9.25 Å². The first-order valence-corrected chi connectivity index (χ1v) is 7.24. The minimum Gasteiger partial charge on any atom is -0.467 e. The van der Waals surface area contributed by atoms with Crippen molar-refractivity contribution in [2.75, 3.05) is 0 Å². The van der Waals surface area contributed by atoms with E-state index in [1.807, 2.05) is 24.7 Å². The zero-order valence-corrected chi connectivity index (χ0v) is 12.6. The third-order valence-electron chi connectivity index (χ3n) is 3.56. The Hall–Kier alpha value is -2.57. The Morgan fingerprint density at radius 2 is 2.41 bits per heavy atom. The lowest BCUT2D eigenvalue weighted by Gasteiger charge is -2.08. The number of aromatic nitrogens is 2. The number of amides is 1. The molecule has 0 saturated carbocycles. The summed E-state index contributed by atoms with van der Waals surface area (Å²) in [6, 6.07) is 3.59. The monoisotopic (exact) mass is 302 g/mol. The molecule has 1 unspecified atom stereocenters. The average molecular weight is 302 g/mol. The molecule has 0 bridgehead atoms. The van der Waals surface area contributed by atoms with E-state index in [2.05, 4.69) is 15.6 Å². The van der Waals surface area contributed by atoms with E-state index in [9.17, 15) is 4.79 Å². The van der Waals surface area contributed by atoms with Crippen LogP contribution in [0, 0.1) is 6.92 Å². The van der Waals surface area contributed by atoms with Crippen LogP contribution in [0.15, 0.2) is 34.2 Å². The van der Waals surface area contributed by atoms with Crippen molar-refractivity contribution in [3.05, 3.63) is 41.6 Å². The van der Waals surface area contributed by atoms with Crippen molar-refractivity contribution in [2.24, 2.45) is 5.16 Å². The van der Waals surface area contributed by atoms with E-state index >= 15 is 0 Å². The van der Waals surface area contributed by atoms with Crippen LogP contribution in [-0.2, 0) is 22.7 Å². The lowest BCUT2D eigenvalue weighted by atomic mass is 10.1. The number of carbonyl (C=O) groups is 1. The van der Waals surface area contributed by atoms with Crippen molar-refractivity contribution in [1.29, 1.82) is 0 Å². The van der Waals surface area contributed by atoms with Crippen molar-refractivity contribution in [3.63, 3.8) is 0 Å². The van der Waals surface area contributed by atoms with Crippen molar-refractivity contribution in [2.45, 2.75) is 39.5 Å². The molecule has 1 amide bonds. The predicted molar refractivity (Wildman–Crippen MR) is 79.2 cm³/mol. The molecule has 1 atom stereocenters. The van der Waals surface area contributed by atoms with Crippen LogP contribution in [0.3, 0.4) is 0 Å². The van der Waals surface area contributed by atoms with Gasteiger partial charge in [0.15, 0.2) is 0 Å². The van der Waals surface area contributed by atoms with Gasteiger partial charge < -0.3 is 14.6 Å². The summed E-state index contributed by atoms with van der Waals surface area (Å²) in [4.78, 5) is 17.3. The maximum Gasteiger partial charge on any atom is 0.264 e. The largest absolute Gasteiger partial charge is 0.467 e. The average Bonchev–Trinajstić information content (AvgIpc) is 3.24. The molecule has 3 rings (SSSR count). The number of hydrogen-bond acceptors (Lipinski definition) is 5. The maximum absolute atomic E-state index is 12.1. The SMILES string of the molecule is CCn1cc(C2=NOC(C(=O)NCc3ccco3)C2)c(C)n1. The molecule has 0 aliphatic carbocycles. The first-order valence-electron chi connectivity index (χ1n) is 7.24. The molecule has 7 nitrogen and oxygen atoms in total. The molecule has 1 aliphatic rings. The fraction of sp³-hybridized carbons (Fsp3) is 0.400. The standard InChI is InChI=1S/C15H18N4O3/c1-3-19-9-12(10(2)17-19)13-7-14(22-18-13)15(20)16-8-11-5-4-6-21-11/h4-6,9,14H,3,7-8H2,1-2H3,(H,16,20). The maximum atomic E-state index is 12.1. The van der Waals surface area contributed by atoms with Crippen molar-refractivity contribution in [1.82, 2.24) is 15.1 Å². The summed E-state index contributed by atoms with van der Waals surface area (Å²) in [5.74, 6) is 0.503. The van der Waals surface area contributed by atoms with Gasteiger partial charge in [0.05, 0.1) is 24.2 Å². The molecule has 0 radical (unpaired) electrons. The number of oxime groups is 1. The predicted octanol–water partition coefficient (Wildman–Crippen LogP) is 1.61. The van der Waals surface area contributed by atoms with Gasteiger partial charge in [0, 0.05) is 24.7 Å². The molecule has 116 valence electrons. The van der Waals surface area contributed by atoms with Crippen LogP contribution < -0.4 is 5.32 Å². The van der Waals surface area contributed by atoms with Gasteiger partial charge in [-0.25, -0.2) is 0 Å². The molecule has 0 spiro atoms. The lowest BCUT2D eigenvalue weighted by molar-refractivity contribution is -0.131. The van der Waals surface area contributed by atoms with Gasteiger partial charge in [0.1, 0.15) is 5.76 Å². The summed E-state index contributed by atoms with van der Waals surface area (Å²) in [6.45, 7) is 5.08. The fourth-order valence-electron chi connectivity index (χ4n) is 2.34. The molecule has 0 fully saturated rings. The highest BCUT2D eigenvalue weighted by molar-refractivity contribution is 6.04. The van der Waals surface area contributed by atoms with Crippen LogP contribution in [0.1, 0.15) is 30.4 Å². The zero-order chi connectivity index (χ0) is 15.5. The van der Waals surface area contributed by atoms with Crippen LogP contribution in [0.5, 0.6) is 0 Å². The number of nitrogens with one attached hydrogen (secondary N) is 1. The summed E-state index contributed by atoms with van der Waals surface area (Å²) in [6.07, 6.45) is 3.35. The molecular formula is C15H18N4O3. The molecule has 1 N–H and O–H groups in total. The van der Waals surface area contributed by atoms with Gasteiger partial charge in [-0.05, 0) is 26.0 Å². The number of carbonyl (C=O) groups excluding carboxylic acids is 1. The first-order chi connectivity index (χ1) is 10.7. The third kappa shape index (κ3) is 2.88. The normalized spacial score (nSPS) is 17.2. The second-order valence-corrected chi connectivity index (χ2v) is 5.12. The highest BCUT2D eigenvalue weighted by atomic mass is 16.6. The van der Waals surface area contributed by atoms with Crippen LogP contribution in [0.4, 0.5) is 0 Å². The Morgan fingerprint density at radius 3 is 3.09 bits per heavy atom. The van der Waals surface area contributed by atoms with Crippen molar-refractivity contribution < 1.29 is 14.0 Å². The molecular weight excluding hydrogens is 284 g/mol. The summed E-state index contributed by atoms with van der Waals surface area (Å²) >= 11 is 0. The minimum atomic E-state index is -0.602. The van der Waals surface area contributed by atoms with Crippen LogP contribution >= 0.6 is 0 Å². The Labute approximate surface area is 127 Å². The molecule has 22 heavy (non-hydrogen) atoms. The summed E-state index contributed by atoms with van der Waals surface area (Å²) < 4.78 is 7.02. The number of aryl methyl sites for hydroxylation is 2. The van der Waals surface area contributed by atoms with Crippen molar-refractivity contribution in [3.8, 4) is 0 Å². The molecule has 0 aromatic carbocycles. The first kappa shape index (κ1) is 14.4. The Kier molecular flexibility index (Phi) is 3.95. The fourth-order valence-corrected chi connectivity index (χ4v) is 2.34. The van der Waals surface area contributed by atoms with Gasteiger partial charge in [0.2, 0.25) is 6.10 Å². The Balaban J connectivity index is 1.58. The molecule has 7 heteroatoms. The highest BCUT2D eigenvalue weighted by Crippen LogP contribution is 2.19. The molecule has 2 aromatic rings. The van der Waals surface area contributed by atoms with E-state index in [0.717, 1.165) is 23.5 Å². The number of hydrogen-bond donors (Lipinski definition) is 1. The number of furan rings is 1. The lowest BCUT2D eigenvalue weighted by Crippen LogP contribution is -2.34. The van der Waals surface area contributed by atoms with Gasteiger partial charge in [0.25, 0.3) is 5.91 Å². The van der Waals surface area contributed by atoms with Gasteiger partial charge in [-0.1, -0.05) is 5.16 Å². The van der Waals surface area contributed by atoms with E-state index in [1.165, 1.54) is 0 Å². The van der Waals surface area contributed by atoms with Gasteiger partial charge >= 0.3 is 0 Å². The second kappa shape index (κ2) is 6.05. The van der Waals surface area contributed by atoms with E-state index in [-0.39, 0.29) is 5.91 Å². The minimum absolute atomic E-state index is 0.198. The van der Waals surface area contributed by atoms with Crippen LogP contribution in [0.2, 0.25) is 0 Å². The van der Waals surface area contributed by atoms with Crippen molar-refractivity contribution >= 4 is 11.6 Å². The second-order valence-electron chi connectivity index (χ2n) is 5.12. The van der Waals surface area contributed by atoms with Gasteiger partial charge in [-0.2, -0.15) is 5.10 Å². The van der Waals surface area contributed by atoms with E-state index < -0.39 is 6.10 Å². The zero-order valence-electron chi connectivity index (χ0n) is 12.6. The van der Waals surface area contributed by atoms with Gasteiger partial charge in [-0.3, -0.25) is 9.48 Å². The molecule has 3 heterocycles. The van der Waals surface area contributed by atoms with Crippen LogP contribution in [-0.4, -0.2) is 27.5 Å². The topological polar surface area (TPSA) is 81.7 Å². The highest BCUT2D eigenvalue weighted by Gasteiger charge is 2.30. The number of nitrogens with zero attached hydrogens (tertiary/aromatic N) is 3. The van der Waals surface area contributed by atoms with Crippen LogP contribution in [0.25, 0.3) is 0 Å².